The van der Waals surface area contributed by atoms with Gasteiger partial charge in [0.15, 0.2) is 0 Å². The summed E-state index contributed by atoms with van der Waals surface area (Å²) in [7, 11) is -3.48. The summed E-state index contributed by atoms with van der Waals surface area (Å²) in [5, 5.41) is 0. The van der Waals surface area contributed by atoms with Gasteiger partial charge in [-0.3, -0.25) is 4.79 Å². The summed E-state index contributed by atoms with van der Waals surface area (Å²) >= 11 is 0. The summed E-state index contributed by atoms with van der Waals surface area (Å²) in [5.74, 6) is 0.366. The molecular weight excluding hydrogens is 362 g/mol. The lowest BCUT2D eigenvalue weighted by atomic mass is 10.1. The average molecular weight is 392 g/mol. The molecule has 2 heterocycles. The average Bonchev–Trinajstić information content (AvgIpc) is 3.44. The normalized spacial score (nSPS) is 24.2. The van der Waals surface area contributed by atoms with Gasteiger partial charge in [0.05, 0.1) is 4.90 Å². The molecule has 0 radical (unpaired) electrons. The minimum Gasteiger partial charge on any atom is -0.309 e. The van der Waals surface area contributed by atoms with Crippen molar-refractivity contribution >= 4 is 21.6 Å². The molecule has 1 aromatic rings. The van der Waals surface area contributed by atoms with Crippen LogP contribution in [-0.2, 0) is 21.2 Å². The molecule has 0 N–H and O–H groups in total. The molecule has 6 nitrogen and oxygen atoms in total. The highest BCUT2D eigenvalue weighted by Gasteiger charge is 2.40. The molecule has 27 heavy (non-hydrogen) atoms. The Balaban J connectivity index is 1.54. The summed E-state index contributed by atoms with van der Waals surface area (Å²) in [6.45, 7) is 7.88. The second-order valence-corrected chi connectivity index (χ2v) is 10.0. The van der Waals surface area contributed by atoms with E-state index in [-0.39, 0.29) is 17.9 Å². The van der Waals surface area contributed by atoms with Gasteiger partial charge < -0.3 is 9.80 Å². The quantitative estimate of drug-likeness (QED) is 0.771. The van der Waals surface area contributed by atoms with Gasteiger partial charge in [-0.05, 0) is 62.9 Å². The first-order valence-electron chi connectivity index (χ1n) is 10.1. The number of carbonyl (C=O) groups is 1. The van der Waals surface area contributed by atoms with E-state index in [9.17, 15) is 13.2 Å². The highest BCUT2D eigenvalue weighted by atomic mass is 32.2. The van der Waals surface area contributed by atoms with Crippen molar-refractivity contribution in [2.75, 3.05) is 37.6 Å². The molecule has 1 saturated carbocycles. The number of piperazine rings is 1. The third-order valence-corrected chi connectivity index (χ3v) is 7.83. The van der Waals surface area contributed by atoms with Crippen LogP contribution < -0.4 is 4.90 Å². The number of anilines is 1. The zero-order valence-corrected chi connectivity index (χ0v) is 17.0. The van der Waals surface area contributed by atoms with E-state index in [4.69, 9.17) is 0 Å². The number of rotatable bonds is 5. The van der Waals surface area contributed by atoms with E-state index in [1.165, 1.54) is 0 Å². The molecular formula is C20H29N3O3S. The minimum atomic E-state index is -3.48. The van der Waals surface area contributed by atoms with Gasteiger partial charge in [-0.15, -0.1) is 0 Å². The Morgan fingerprint density at radius 2 is 1.85 bits per heavy atom. The molecule has 7 heteroatoms. The van der Waals surface area contributed by atoms with Crippen molar-refractivity contribution in [1.82, 2.24) is 9.21 Å². The van der Waals surface area contributed by atoms with E-state index in [0.29, 0.717) is 18.0 Å². The SMILES string of the molecule is CCCN1CCN(S(=O)(=O)c2ccc3c(c2)C[C@@H](C)N3C(=O)C2CC2)CC1. The fourth-order valence-electron chi connectivity index (χ4n) is 4.29. The monoisotopic (exact) mass is 391 g/mol. The Morgan fingerprint density at radius 3 is 2.48 bits per heavy atom. The molecule has 2 fully saturated rings. The molecule has 148 valence electrons. The van der Waals surface area contributed by atoms with Crippen LogP contribution >= 0.6 is 0 Å². The van der Waals surface area contributed by atoms with Crippen molar-refractivity contribution in [3.63, 3.8) is 0 Å². The maximum atomic E-state index is 13.1. The van der Waals surface area contributed by atoms with Gasteiger partial charge in [-0.2, -0.15) is 4.31 Å². The maximum Gasteiger partial charge on any atom is 0.243 e. The van der Waals surface area contributed by atoms with Crippen molar-refractivity contribution in [3.8, 4) is 0 Å². The van der Waals surface area contributed by atoms with Gasteiger partial charge in [-0.1, -0.05) is 6.92 Å². The summed E-state index contributed by atoms with van der Waals surface area (Å²) in [6, 6.07) is 5.40. The Kier molecular flexibility index (Phi) is 5.03. The molecule has 1 aromatic carbocycles. The summed E-state index contributed by atoms with van der Waals surface area (Å²) in [6.07, 6.45) is 3.77. The number of carbonyl (C=O) groups excluding carboxylic acids is 1. The van der Waals surface area contributed by atoms with Crippen LogP contribution in [0.25, 0.3) is 0 Å². The van der Waals surface area contributed by atoms with E-state index in [0.717, 1.165) is 56.6 Å². The van der Waals surface area contributed by atoms with Crippen molar-refractivity contribution in [1.29, 1.82) is 0 Å². The first kappa shape index (κ1) is 18.9. The van der Waals surface area contributed by atoms with Crippen LogP contribution in [0.3, 0.4) is 0 Å². The van der Waals surface area contributed by atoms with Gasteiger partial charge in [0.2, 0.25) is 15.9 Å². The number of fused-ring (bicyclic) bond motifs is 1. The minimum absolute atomic E-state index is 0.101. The van der Waals surface area contributed by atoms with E-state index < -0.39 is 10.0 Å². The summed E-state index contributed by atoms with van der Waals surface area (Å²) in [4.78, 5) is 17.1. The van der Waals surface area contributed by atoms with Crippen molar-refractivity contribution < 1.29 is 13.2 Å². The fraction of sp³-hybridized carbons (Fsp3) is 0.650. The first-order chi connectivity index (χ1) is 12.9. The molecule has 1 atom stereocenters. The van der Waals surface area contributed by atoms with Gasteiger partial charge in [0.25, 0.3) is 0 Å². The largest absolute Gasteiger partial charge is 0.309 e. The third kappa shape index (κ3) is 3.52. The predicted molar refractivity (Wildman–Crippen MR) is 105 cm³/mol. The van der Waals surface area contributed by atoms with E-state index >= 15 is 0 Å². The van der Waals surface area contributed by atoms with Crippen LogP contribution in [0.15, 0.2) is 23.1 Å². The molecule has 1 saturated heterocycles. The Bertz CT molecular complexity index is 827. The van der Waals surface area contributed by atoms with Gasteiger partial charge in [0.1, 0.15) is 0 Å². The number of hydrogen-bond acceptors (Lipinski definition) is 4. The van der Waals surface area contributed by atoms with Crippen molar-refractivity contribution in [3.05, 3.63) is 23.8 Å². The first-order valence-corrected chi connectivity index (χ1v) is 11.5. The van der Waals surface area contributed by atoms with Gasteiger partial charge >= 0.3 is 0 Å². The fourth-order valence-corrected chi connectivity index (χ4v) is 5.76. The molecule has 3 aliphatic rings. The molecule has 1 aliphatic carbocycles. The summed E-state index contributed by atoms with van der Waals surface area (Å²) < 4.78 is 27.8. The molecule has 4 rings (SSSR count). The van der Waals surface area contributed by atoms with E-state index in [2.05, 4.69) is 11.8 Å². The lowest BCUT2D eigenvalue weighted by Gasteiger charge is -2.33. The van der Waals surface area contributed by atoms with Crippen molar-refractivity contribution in [2.24, 2.45) is 5.92 Å². The second kappa shape index (κ2) is 7.18. The second-order valence-electron chi connectivity index (χ2n) is 8.07. The maximum absolute atomic E-state index is 13.1. The van der Waals surface area contributed by atoms with Crippen LogP contribution in [0.4, 0.5) is 5.69 Å². The molecule has 0 unspecified atom stereocenters. The van der Waals surface area contributed by atoms with E-state index in [1.807, 2.05) is 17.9 Å². The third-order valence-electron chi connectivity index (χ3n) is 5.94. The van der Waals surface area contributed by atoms with Crippen LogP contribution in [0.1, 0.15) is 38.7 Å². The highest BCUT2D eigenvalue weighted by molar-refractivity contribution is 7.89. The number of nitrogens with zero attached hydrogens (tertiary/aromatic N) is 3. The smallest absolute Gasteiger partial charge is 0.243 e. The predicted octanol–water partition coefficient (Wildman–Crippen LogP) is 2.09. The lowest BCUT2D eigenvalue weighted by Crippen LogP contribution is -2.48. The Morgan fingerprint density at radius 1 is 1.15 bits per heavy atom. The lowest BCUT2D eigenvalue weighted by molar-refractivity contribution is -0.120. The van der Waals surface area contributed by atoms with Gasteiger partial charge in [0, 0.05) is 43.8 Å². The number of sulfonamides is 1. The molecule has 0 bridgehead atoms. The van der Waals surface area contributed by atoms with E-state index in [1.54, 1.807) is 16.4 Å². The zero-order valence-electron chi connectivity index (χ0n) is 16.2. The van der Waals surface area contributed by atoms with Crippen LogP contribution in [-0.4, -0.2) is 62.3 Å². The standard InChI is InChI=1S/C20H29N3O3S/c1-3-8-21-9-11-22(12-10-21)27(25,26)18-6-7-19-17(14-18)13-15(2)23(19)20(24)16-4-5-16/h6-7,14-16H,3-5,8-13H2,1-2H3/t15-/m1/s1. The summed E-state index contributed by atoms with van der Waals surface area (Å²) in [5.41, 5.74) is 1.87. The molecule has 2 aliphatic heterocycles. The molecule has 0 aromatic heterocycles. The topological polar surface area (TPSA) is 60.9 Å². The van der Waals surface area contributed by atoms with Crippen molar-refractivity contribution in [2.45, 2.75) is 50.5 Å². The molecule has 1 amide bonds. The number of hydrogen-bond donors (Lipinski definition) is 0. The Labute approximate surface area is 162 Å². The van der Waals surface area contributed by atoms with Crippen LogP contribution in [0.5, 0.6) is 0 Å². The number of amides is 1. The highest BCUT2D eigenvalue weighted by Crippen LogP contribution is 2.39. The van der Waals surface area contributed by atoms with Crippen LogP contribution in [0.2, 0.25) is 0 Å². The molecule has 0 spiro atoms. The Hall–Kier alpha value is -1.44. The van der Waals surface area contributed by atoms with Crippen LogP contribution in [0, 0.1) is 5.92 Å². The zero-order chi connectivity index (χ0) is 19.2. The number of benzene rings is 1. The van der Waals surface area contributed by atoms with Gasteiger partial charge in [-0.25, -0.2) is 8.42 Å².